The van der Waals surface area contributed by atoms with Crippen molar-refractivity contribution in [3.05, 3.63) is 215 Å². The van der Waals surface area contributed by atoms with Crippen molar-refractivity contribution in [2.45, 2.75) is 63.7 Å². The number of rotatable bonds is 8. The van der Waals surface area contributed by atoms with E-state index in [4.69, 9.17) is 10.4 Å². The molecule has 0 bridgehead atoms. The Morgan fingerprint density at radius 2 is 0.545 bits per heavy atom. The van der Waals surface area contributed by atoms with Crippen molar-refractivity contribution in [2.75, 3.05) is 13.1 Å². The van der Waals surface area contributed by atoms with Gasteiger partial charge in [-0.1, -0.05) is 192 Å². The van der Waals surface area contributed by atoms with Crippen molar-refractivity contribution in [1.29, 1.82) is 0 Å². The fourth-order valence-corrected chi connectivity index (χ4v) is 15.3. The summed E-state index contributed by atoms with van der Waals surface area (Å²) in [5, 5.41) is 11.4. The third-order valence-electron chi connectivity index (χ3n) is 11.5. The van der Waals surface area contributed by atoms with Gasteiger partial charge < -0.3 is 0 Å². The SMILES string of the molecule is CC(C)(C)N1CCN(C(C)(C)C)[Si]12N(C(c1ccccc1)(c1ccccc1)c1ccccc1)N=NN2C(c1ccccc1)(c1ccccc1)c1ccccc1. The highest BCUT2D eigenvalue weighted by Crippen LogP contribution is 2.57. The monoisotopic (exact) mass is 740 g/mol. The third kappa shape index (κ3) is 5.67. The van der Waals surface area contributed by atoms with Crippen molar-refractivity contribution in [2.24, 2.45) is 10.4 Å². The van der Waals surface area contributed by atoms with Gasteiger partial charge in [0.15, 0.2) is 0 Å². The molecule has 7 heteroatoms. The molecule has 0 atom stereocenters. The van der Waals surface area contributed by atoms with E-state index in [9.17, 15) is 0 Å². The molecule has 0 radical (unpaired) electrons. The van der Waals surface area contributed by atoms with Crippen molar-refractivity contribution >= 4 is 8.72 Å². The molecule has 2 aliphatic heterocycles. The highest BCUT2D eigenvalue weighted by Gasteiger charge is 2.76. The first kappa shape index (κ1) is 36.6. The maximum absolute atomic E-state index is 5.69. The van der Waals surface area contributed by atoms with Crippen LogP contribution in [0.25, 0.3) is 0 Å². The number of benzene rings is 6. The molecule has 278 valence electrons. The summed E-state index contributed by atoms with van der Waals surface area (Å²) >= 11 is 0. The van der Waals surface area contributed by atoms with Crippen LogP contribution < -0.4 is 0 Å². The van der Waals surface area contributed by atoms with E-state index in [0.29, 0.717) is 0 Å². The van der Waals surface area contributed by atoms with Crippen molar-refractivity contribution in [1.82, 2.24) is 18.5 Å². The molecule has 1 saturated heterocycles. The van der Waals surface area contributed by atoms with Crippen LogP contribution in [0.3, 0.4) is 0 Å². The molecule has 0 aliphatic carbocycles. The molecule has 0 N–H and O–H groups in total. The molecule has 0 aromatic heterocycles. The van der Waals surface area contributed by atoms with Gasteiger partial charge >= 0.3 is 8.72 Å². The molecule has 1 spiro atoms. The molecule has 6 aromatic carbocycles. The second kappa shape index (κ2) is 14.1. The molecule has 6 aromatic rings. The van der Waals surface area contributed by atoms with Crippen LogP contribution in [0.2, 0.25) is 0 Å². The second-order valence-corrected chi connectivity index (χ2v) is 19.8. The smallest absolute Gasteiger partial charge is 0.269 e. The number of hydrogen-bond donors (Lipinski definition) is 0. The van der Waals surface area contributed by atoms with Crippen molar-refractivity contribution in [3.63, 3.8) is 0 Å². The zero-order valence-corrected chi connectivity index (χ0v) is 33.9. The zero-order chi connectivity index (χ0) is 38.3. The molecule has 8 rings (SSSR count). The van der Waals surface area contributed by atoms with E-state index in [0.717, 1.165) is 46.5 Å². The van der Waals surface area contributed by atoms with Crippen molar-refractivity contribution < 1.29 is 0 Å². The molecular formula is C48H52N6Si. The molecule has 2 aliphatic rings. The first-order valence-electron chi connectivity index (χ1n) is 19.5. The van der Waals surface area contributed by atoms with Crippen molar-refractivity contribution in [3.8, 4) is 0 Å². The van der Waals surface area contributed by atoms with Gasteiger partial charge in [0.1, 0.15) is 11.1 Å². The maximum atomic E-state index is 5.69. The lowest BCUT2D eigenvalue weighted by molar-refractivity contribution is 0.116. The summed E-state index contributed by atoms with van der Waals surface area (Å²) in [5.74, 6) is 0. The van der Waals surface area contributed by atoms with Crippen LogP contribution in [0, 0.1) is 0 Å². The average molecular weight is 741 g/mol. The summed E-state index contributed by atoms with van der Waals surface area (Å²) in [6.45, 7) is 15.9. The zero-order valence-electron chi connectivity index (χ0n) is 32.9. The van der Waals surface area contributed by atoms with E-state index >= 15 is 0 Å². The Labute approximate surface area is 328 Å². The van der Waals surface area contributed by atoms with Crippen LogP contribution in [0.4, 0.5) is 0 Å². The quantitative estimate of drug-likeness (QED) is 0.115. The van der Waals surface area contributed by atoms with Crippen LogP contribution in [-0.2, 0) is 11.1 Å². The van der Waals surface area contributed by atoms with Gasteiger partial charge in [-0.3, -0.25) is 9.13 Å². The predicted octanol–water partition coefficient (Wildman–Crippen LogP) is 10.5. The van der Waals surface area contributed by atoms with E-state index < -0.39 is 19.8 Å². The lowest BCUT2D eigenvalue weighted by Crippen LogP contribution is -2.84. The fourth-order valence-electron chi connectivity index (χ4n) is 9.36. The summed E-state index contributed by atoms with van der Waals surface area (Å²) in [5.41, 5.74) is 4.53. The minimum Gasteiger partial charge on any atom is -0.269 e. The summed E-state index contributed by atoms with van der Waals surface area (Å²) in [4.78, 5) is 0. The van der Waals surface area contributed by atoms with Gasteiger partial charge in [-0.15, -0.1) is 0 Å². The summed E-state index contributed by atoms with van der Waals surface area (Å²) in [7, 11) is -3.63. The van der Waals surface area contributed by atoms with Crippen LogP contribution in [0.15, 0.2) is 192 Å². The Morgan fingerprint density at radius 3 is 0.727 bits per heavy atom. The second-order valence-electron chi connectivity index (χ2n) is 16.7. The Hall–Kier alpha value is -5.34. The van der Waals surface area contributed by atoms with Gasteiger partial charge in [0, 0.05) is 24.2 Å². The highest BCUT2D eigenvalue weighted by molar-refractivity contribution is 6.70. The van der Waals surface area contributed by atoms with Gasteiger partial charge in [0.05, 0.1) is 0 Å². The van der Waals surface area contributed by atoms with Crippen LogP contribution >= 0.6 is 0 Å². The lowest BCUT2D eigenvalue weighted by atomic mass is 9.77. The van der Waals surface area contributed by atoms with Crippen LogP contribution in [0.5, 0.6) is 0 Å². The molecule has 6 nitrogen and oxygen atoms in total. The Kier molecular flexibility index (Phi) is 9.36. The summed E-state index contributed by atoms with van der Waals surface area (Å²) in [6.07, 6.45) is 0. The lowest BCUT2D eigenvalue weighted by Gasteiger charge is -2.60. The topological polar surface area (TPSA) is 37.7 Å². The van der Waals surface area contributed by atoms with Gasteiger partial charge in [0.25, 0.3) is 0 Å². The Morgan fingerprint density at radius 1 is 0.345 bits per heavy atom. The summed E-state index contributed by atoms with van der Waals surface area (Å²) < 4.78 is 10.6. The minimum atomic E-state index is -3.63. The third-order valence-corrected chi connectivity index (χ3v) is 16.7. The van der Waals surface area contributed by atoms with Crippen LogP contribution in [0.1, 0.15) is 74.9 Å². The van der Waals surface area contributed by atoms with E-state index in [1.165, 1.54) is 0 Å². The highest BCUT2D eigenvalue weighted by atomic mass is 28.4. The molecule has 0 unspecified atom stereocenters. The minimum absolute atomic E-state index is 0.274. The molecule has 0 saturated carbocycles. The maximum Gasteiger partial charge on any atom is 0.478 e. The standard InChI is InChI=1S/C48H52N6Si/c1-45(2,3)51-37-38-52(46(4,5)6)55(51)53(47(39-25-13-7-14-26-39,40-27-15-8-16-28-40)41-29-17-9-18-30-41)49-50-54(55)48(42-31-19-10-20-32-42,43-33-21-11-22-34-43)44-35-23-12-24-36-44/h7-36H,37-38H2,1-6H3. The van der Waals surface area contributed by atoms with Gasteiger partial charge in [-0.2, -0.15) is 0 Å². The summed E-state index contributed by atoms with van der Waals surface area (Å²) in [6, 6.07) is 65.9. The fraction of sp³-hybridized carbons (Fsp3) is 0.250. The predicted molar refractivity (Wildman–Crippen MR) is 226 cm³/mol. The number of hydrogen-bond acceptors (Lipinski definition) is 6. The first-order valence-corrected chi connectivity index (χ1v) is 21.3. The normalized spacial score (nSPS) is 16.6. The van der Waals surface area contributed by atoms with E-state index in [-0.39, 0.29) is 11.1 Å². The average Bonchev–Trinajstić information content (AvgIpc) is 3.81. The largest absolute Gasteiger partial charge is 0.478 e. The Bertz CT molecular complexity index is 1850. The van der Waals surface area contributed by atoms with E-state index in [1.54, 1.807) is 0 Å². The molecule has 1 fully saturated rings. The molecule has 55 heavy (non-hydrogen) atoms. The van der Waals surface area contributed by atoms with Gasteiger partial charge in [-0.05, 0) is 74.9 Å². The molecule has 2 heterocycles. The first-order chi connectivity index (χ1) is 26.6. The molecular weight excluding hydrogens is 689 g/mol. The van der Waals surface area contributed by atoms with Gasteiger partial charge in [0.2, 0.25) is 0 Å². The van der Waals surface area contributed by atoms with Crippen LogP contribution in [-0.4, -0.2) is 51.4 Å². The van der Waals surface area contributed by atoms with E-state index in [2.05, 4.69) is 242 Å². The number of nitrogens with zero attached hydrogens (tertiary/aromatic N) is 6. The van der Waals surface area contributed by atoms with E-state index in [1.807, 2.05) is 0 Å². The molecule has 0 amide bonds. The van der Waals surface area contributed by atoms with Gasteiger partial charge in [-0.25, -0.2) is 9.35 Å². The Balaban J connectivity index is 1.59.